The van der Waals surface area contributed by atoms with E-state index in [9.17, 15) is 9.59 Å². The summed E-state index contributed by atoms with van der Waals surface area (Å²) < 4.78 is 48.7. The Morgan fingerprint density at radius 3 is 1.25 bits per heavy atom. The van der Waals surface area contributed by atoms with Gasteiger partial charge in [-0.25, -0.2) is 0 Å². The molecule has 36 heavy (non-hydrogen) atoms. The Morgan fingerprint density at radius 1 is 0.611 bits per heavy atom. The molecule has 0 atom stereocenters. The van der Waals surface area contributed by atoms with Crippen molar-refractivity contribution >= 4 is 11.8 Å². The first-order chi connectivity index (χ1) is 18.7. The second kappa shape index (κ2) is 19.4. The van der Waals surface area contributed by atoms with E-state index in [1.807, 2.05) is 0 Å². The normalized spacial score (nSPS) is 22.3. The van der Waals surface area contributed by atoms with Crippen molar-refractivity contribution in [1.82, 2.24) is 9.80 Å². The monoisotopic (exact) mass is 740 g/mol. The first-order valence-electron chi connectivity index (χ1n) is 16.9. The summed E-state index contributed by atoms with van der Waals surface area (Å²) in [6, 6.07) is 0. The number of halogens is 2. The van der Waals surface area contributed by atoms with Crippen LogP contribution in [0.5, 0.6) is 0 Å². The zero-order valence-corrected chi connectivity index (χ0v) is 27.2. The van der Waals surface area contributed by atoms with Crippen LogP contribution in [0.4, 0.5) is 0 Å². The number of likely N-dealkylation sites (tertiary alicyclic amines) is 2. The Balaban J connectivity index is 0.00000840. The van der Waals surface area contributed by atoms with E-state index in [1.54, 1.807) is 23.9 Å². The van der Waals surface area contributed by atoms with Gasteiger partial charge in [-0.2, -0.15) is 0 Å². The third kappa shape index (κ3) is 14.5. The fourth-order valence-corrected chi connectivity index (χ4v) is 5.34. The van der Waals surface area contributed by atoms with Gasteiger partial charge in [0.15, 0.2) is 0 Å². The van der Waals surface area contributed by atoms with Crippen molar-refractivity contribution in [3.05, 3.63) is 0 Å². The lowest BCUT2D eigenvalue weighted by Crippen LogP contribution is -3.00. The van der Waals surface area contributed by atoms with E-state index < -0.39 is 14.0 Å². The summed E-state index contributed by atoms with van der Waals surface area (Å²) in [6.45, 7) is 0.416. The Labute approximate surface area is 265 Å². The molecule has 0 saturated carbocycles. The number of quaternary nitrogens is 2. The maximum absolute atomic E-state index is 12.8. The van der Waals surface area contributed by atoms with Gasteiger partial charge in [-0.15, -0.1) is 0 Å². The van der Waals surface area contributed by atoms with E-state index in [4.69, 9.17) is 8.22 Å². The third-order valence-electron chi connectivity index (χ3n) is 7.94. The molecule has 2 heterocycles. The third-order valence-corrected chi connectivity index (χ3v) is 7.94. The molecular weight excluding hydrogens is 678 g/mol. The summed E-state index contributed by atoms with van der Waals surface area (Å²) >= 11 is 0. The average molecular weight is 741 g/mol. The summed E-state index contributed by atoms with van der Waals surface area (Å²) in [7, 11) is 3.60. The highest BCUT2D eigenvalue weighted by Crippen LogP contribution is 2.18. The minimum atomic E-state index is -2.08. The molecule has 0 radical (unpaired) electrons. The van der Waals surface area contributed by atoms with Crippen LogP contribution in [-0.2, 0) is 9.59 Å². The molecule has 2 fully saturated rings. The quantitative estimate of drug-likeness (QED) is 0.129. The van der Waals surface area contributed by atoms with Crippen molar-refractivity contribution in [3.8, 4) is 0 Å². The maximum Gasteiger partial charge on any atom is 0.227 e. The summed E-state index contributed by atoms with van der Waals surface area (Å²) in [6.07, 6.45) is 12.1. The molecule has 0 unspecified atom stereocenters. The fraction of sp³-hybridized carbons (Fsp3) is 0.929. The number of carbonyl (C=O) groups excluding carboxylic acids is 2. The largest absolute Gasteiger partial charge is 1.00 e. The molecule has 0 aromatic carbocycles. The van der Waals surface area contributed by atoms with Crippen LogP contribution in [0.1, 0.15) is 98.1 Å². The van der Waals surface area contributed by atoms with E-state index in [0.29, 0.717) is 52.4 Å². The lowest BCUT2D eigenvalue weighted by Gasteiger charge is -2.33. The Kier molecular flexibility index (Phi) is 14.3. The molecule has 8 heteroatoms. The molecule has 0 aliphatic carbocycles. The number of nitrogens with zero attached hydrogens (tertiary/aromatic N) is 4. The van der Waals surface area contributed by atoms with Crippen molar-refractivity contribution in [2.24, 2.45) is 0 Å². The van der Waals surface area contributed by atoms with Crippen molar-refractivity contribution < 1.29 is 74.7 Å². The standard InChI is InChI=1S/C28H56N4O2.2HI/c1-29(27(33)17-25-31(3)21-13-7-8-14-22-31)19-11-5-6-12-20-30(2)28(34)18-26-32(4)23-15-9-10-16-24-32;;/h5-26H2,1-4H3;2*1H/q+2;;/p-2/i3D3,4D3;;. The minimum absolute atomic E-state index is 0. The lowest BCUT2D eigenvalue weighted by atomic mass is 10.1. The van der Waals surface area contributed by atoms with E-state index in [2.05, 4.69) is 0 Å². The molecular formula is C28H56I2N4O2. The molecule has 2 rings (SSSR count). The van der Waals surface area contributed by atoms with Crippen LogP contribution in [0.25, 0.3) is 0 Å². The summed E-state index contributed by atoms with van der Waals surface area (Å²) in [5, 5.41) is 0. The molecule has 0 aromatic rings. The van der Waals surface area contributed by atoms with Crippen LogP contribution in [0.3, 0.4) is 0 Å². The highest BCUT2D eigenvalue weighted by molar-refractivity contribution is 5.76. The Bertz CT molecular complexity index is 721. The number of unbranched alkanes of at least 4 members (excludes halogenated alkanes) is 3. The molecule has 2 saturated heterocycles. The van der Waals surface area contributed by atoms with Crippen molar-refractivity contribution in [3.63, 3.8) is 0 Å². The average Bonchev–Trinajstić information content (AvgIpc) is 3.29. The minimum Gasteiger partial charge on any atom is -1.00 e. The van der Waals surface area contributed by atoms with Gasteiger partial charge >= 0.3 is 0 Å². The van der Waals surface area contributed by atoms with Gasteiger partial charge in [0.25, 0.3) is 0 Å². The van der Waals surface area contributed by atoms with Gasteiger partial charge in [0.2, 0.25) is 11.8 Å². The van der Waals surface area contributed by atoms with E-state index in [-0.39, 0.29) is 81.6 Å². The molecule has 2 aliphatic rings. The smallest absolute Gasteiger partial charge is 0.227 e. The highest BCUT2D eigenvalue weighted by atomic mass is 127. The molecule has 214 valence electrons. The second-order valence-electron chi connectivity index (χ2n) is 11.0. The van der Waals surface area contributed by atoms with Crippen LogP contribution >= 0.6 is 0 Å². The number of hydrogen-bond donors (Lipinski definition) is 0. The number of amides is 2. The zero-order chi connectivity index (χ0) is 29.9. The SMILES string of the molecule is [2H]C([2H])([2H])[N+]1(CCC(=O)N(C)CCCCCCN(C)C(=O)CC[N+]2(C([2H])([2H])[2H])CCCCCC2)CCCCCC1.[I-].[I-]. The molecule has 2 amide bonds. The van der Waals surface area contributed by atoms with Crippen LogP contribution in [0, 0.1) is 0 Å². The fourth-order valence-electron chi connectivity index (χ4n) is 5.34. The van der Waals surface area contributed by atoms with E-state index >= 15 is 0 Å². The molecule has 2 aliphatic heterocycles. The van der Waals surface area contributed by atoms with Crippen LogP contribution in [-0.4, -0.2) is 111 Å². The summed E-state index contributed by atoms with van der Waals surface area (Å²) in [5.41, 5.74) is 0. The summed E-state index contributed by atoms with van der Waals surface area (Å²) in [4.78, 5) is 29.0. The van der Waals surface area contributed by atoms with Crippen molar-refractivity contribution in [2.45, 2.75) is 89.9 Å². The summed E-state index contributed by atoms with van der Waals surface area (Å²) in [5.74, 6) is 0.0245. The van der Waals surface area contributed by atoms with Crippen molar-refractivity contribution in [2.75, 3.05) is 80.4 Å². The number of hydrogen-bond acceptors (Lipinski definition) is 2. The van der Waals surface area contributed by atoms with Crippen LogP contribution in [0.2, 0.25) is 0 Å². The molecule has 0 aromatic heterocycles. The molecule has 0 N–H and O–H groups in total. The topological polar surface area (TPSA) is 40.6 Å². The first-order valence-corrected chi connectivity index (χ1v) is 13.9. The Hall–Kier alpha value is 0.320. The van der Waals surface area contributed by atoms with Gasteiger partial charge in [0.05, 0.1) is 74.3 Å². The predicted molar refractivity (Wildman–Crippen MR) is 141 cm³/mol. The Morgan fingerprint density at radius 2 is 0.944 bits per heavy atom. The predicted octanol–water partition coefficient (Wildman–Crippen LogP) is -1.71. The first kappa shape index (κ1) is 26.5. The van der Waals surface area contributed by atoms with Gasteiger partial charge < -0.3 is 66.7 Å². The maximum atomic E-state index is 12.8. The van der Waals surface area contributed by atoms with Gasteiger partial charge in [-0.1, -0.05) is 12.8 Å². The highest BCUT2D eigenvalue weighted by Gasteiger charge is 2.26. The molecule has 6 nitrogen and oxygen atoms in total. The van der Waals surface area contributed by atoms with Gasteiger partial charge in [0.1, 0.15) is 0 Å². The van der Waals surface area contributed by atoms with Gasteiger partial charge in [0, 0.05) is 27.2 Å². The van der Waals surface area contributed by atoms with E-state index in [0.717, 1.165) is 77.0 Å². The molecule has 0 spiro atoms. The van der Waals surface area contributed by atoms with Gasteiger partial charge in [-0.3, -0.25) is 9.59 Å². The lowest BCUT2D eigenvalue weighted by molar-refractivity contribution is -0.908. The second-order valence-corrected chi connectivity index (χ2v) is 11.0. The molecule has 0 bridgehead atoms. The zero-order valence-electron chi connectivity index (χ0n) is 28.9. The van der Waals surface area contributed by atoms with Crippen molar-refractivity contribution in [1.29, 1.82) is 0 Å². The van der Waals surface area contributed by atoms with Crippen LogP contribution < -0.4 is 48.0 Å². The van der Waals surface area contributed by atoms with Crippen LogP contribution in [0.15, 0.2) is 0 Å². The van der Waals surface area contributed by atoms with E-state index in [1.165, 1.54) is 0 Å². The van der Waals surface area contributed by atoms with Gasteiger partial charge in [-0.05, 0) is 64.2 Å². The number of carbonyl (C=O) groups is 2. The number of rotatable bonds is 13.